The molecule has 1 N–H and O–H groups in total. The zero-order valence-electron chi connectivity index (χ0n) is 10.9. The van der Waals surface area contributed by atoms with Gasteiger partial charge in [-0.1, -0.05) is 28.8 Å². The van der Waals surface area contributed by atoms with Gasteiger partial charge in [-0.25, -0.2) is 4.39 Å². The summed E-state index contributed by atoms with van der Waals surface area (Å²) in [5.74, 6) is -0.219. The zero-order chi connectivity index (χ0) is 13.3. The largest absolute Gasteiger partial charge is 0.380 e. The summed E-state index contributed by atoms with van der Waals surface area (Å²) in [5, 5.41) is 3.17. The van der Waals surface area contributed by atoms with Crippen LogP contribution < -0.4 is 5.32 Å². The summed E-state index contributed by atoms with van der Waals surface area (Å²) in [4.78, 5) is 0. The summed E-state index contributed by atoms with van der Waals surface area (Å²) in [5.41, 5.74) is 0.712. The highest BCUT2D eigenvalue weighted by molar-refractivity contribution is 9.10. The molecule has 0 amide bonds. The van der Waals surface area contributed by atoms with E-state index < -0.39 is 0 Å². The van der Waals surface area contributed by atoms with Gasteiger partial charge in [0.05, 0.1) is 17.4 Å². The monoisotopic (exact) mass is 327 g/mol. The van der Waals surface area contributed by atoms with Crippen molar-refractivity contribution in [3.05, 3.63) is 28.5 Å². The van der Waals surface area contributed by atoms with Crippen molar-refractivity contribution in [2.75, 3.05) is 11.9 Å². The maximum absolute atomic E-state index is 13.7. The van der Waals surface area contributed by atoms with Crippen molar-refractivity contribution in [1.82, 2.24) is 0 Å². The topological polar surface area (TPSA) is 21.3 Å². The van der Waals surface area contributed by atoms with Crippen LogP contribution >= 0.6 is 15.9 Å². The van der Waals surface area contributed by atoms with E-state index in [9.17, 15) is 4.39 Å². The van der Waals surface area contributed by atoms with Gasteiger partial charge in [0, 0.05) is 11.0 Å². The number of nitrogens with one attached hydrogen (secondary N) is 1. The highest BCUT2D eigenvalue weighted by Gasteiger charge is 2.41. The lowest BCUT2D eigenvalue weighted by Crippen LogP contribution is -2.28. The Morgan fingerprint density at radius 1 is 1.32 bits per heavy atom. The molecule has 2 fully saturated rings. The molecule has 1 saturated carbocycles. The molecule has 2 nitrogen and oxygen atoms in total. The zero-order valence-corrected chi connectivity index (χ0v) is 12.5. The van der Waals surface area contributed by atoms with E-state index in [1.807, 2.05) is 6.07 Å². The lowest BCUT2D eigenvalue weighted by atomic mass is 9.98. The molecule has 1 saturated heterocycles. The van der Waals surface area contributed by atoms with E-state index in [0.29, 0.717) is 12.2 Å². The molecule has 0 radical (unpaired) electrons. The Bertz CT molecular complexity index is 459. The van der Waals surface area contributed by atoms with Crippen LogP contribution in [0.5, 0.6) is 0 Å². The van der Waals surface area contributed by atoms with Crippen LogP contribution in [0.25, 0.3) is 0 Å². The number of hydrogen-bond donors (Lipinski definition) is 1. The molecule has 2 aliphatic rings. The number of hydrogen-bond acceptors (Lipinski definition) is 2. The molecule has 1 aliphatic heterocycles. The second kappa shape index (κ2) is 5.41. The van der Waals surface area contributed by atoms with Crippen LogP contribution in [-0.4, -0.2) is 18.2 Å². The first-order chi connectivity index (χ1) is 9.17. The Labute approximate surface area is 121 Å². The quantitative estimate of drug-likeness (QED) is 0.883. The van der Waals surface area contributed by atoms with Gasteiger partial charge in [0.25, 0.3) is 0 Å². The molecule has 1 unspecified atom stereocenters. The average Bonchev–Trinajstić information content (AvgIpc) is 2.99. The first-order valence-electron chi connectivity index (χ1n) is 7.04. The fraction of sp³-hybridized carbons (Fsp3) is 0.600. The fourth-order valence-corrected chi connectivity index (χ4v) is 3.62. The number of anilines is 1. The molecule has 0 bridgehead atoms. The number of halogens is 2. The van der Waals surface area contributed by atoms with Gasteiger partial charge in [0.15, 0.2) is 0 Å². The van der Waals surface area contributed by atoms with Crippen LogP contribution in [-0.2, 0) is 4.74 Å². The Kier molecular flexibility index (Phi) is 3.81. The van der Waals surface area contributed by atoms with Gasteiger partial charge in [-0.2, -0.15) is 0 Å². The van der Waals surface area contributed by atoms with Crippen LogP contribution in [0.4, 0.5) is 10.1 Å². The van der Waals surface area contributed by atoms with Gasteiger partial charge < -0.3 is 10.1 Å². The number of ether oxygens (including phenoxy) is 1. The summed E-state index contributed by atoms with van der Waals surface area (Å²) in [7, 11) is 0. The van der Waals surface area contributed by atoms with Crippen LogP contribution in [0.2, 0.25) is 0 Å². The molecular weight excluding hydrogens is 309 g/mol. The van der Waals surface area contributed by atoms with E-state index in [-0.39, 0.29) is 17.5 Å². The second-order valence-corrected chi connectivity index (χ2v) is 6.59. The maximum atomic E-state index is 13.7. The van der Waals surface area contributed by atoms with Crippen LogP contribution in [0.15, 0.2) is 22.7 Å². The van der Waals surface area contributed by atoms with Crippen molar-refractivity contribution < 1.29 is 9.13 Å². The predicted molar refractivity (Wildman–Crippen MR) is 77.9 cm³/mol. The third-order valence-corrected chi connectivity index (χ3v) is 4.80. The number of rotatable bonds is 3. The molecule has 4 heteroatoms. The van der Waals surface area contributed by atoms with Gasteiger partial charge in [0.2, 0.25) is 0 Å². The SMILES string of the molecule is Fc1cc(Br)ccc1NCC1CCC2(CCCC2)O1. The van der Waals surface area contributed by atoms with Crippen LogP contribution in [0.3, 0.4) is 0 Å². The minimum Gasteiger partial charge on any atom is -0.380 e. The molecule has 19 heavy (non-hydrogen) atoms. The summed E-state index contributed by atoms with van der Waals surface area (Å²) in [6, 6.07) is 5.09. The Morgan fingerprint density at radius 3 is 2.84 bits per heavy atom. The summed E-state index contributed by atoms with van der Waals surface area (Å²) < 4.78 is 20.6. The molecule has 3 rings (SSSR count). The van der Waals surface area contributed by atoms with Crippen molar-refractivity contribution in [1.29, 1.82) is 0 Å². The minimum absolute atomic E-state index is 0.157. The normalized spacial score (nSPS) is 25.1. The van der Waals surface area contributed by atoms with E-state index in [1.165, 1.54) is 38.2 Å². The van der Waals surface area contributed by atoms with Crippen molar-refractivity contribution >= 4 is 21.6 Å². The summed E-state index contributed by atoms with van der Waals surface area (Å²) in [6.07, 6.45) is 7.48. The second-order valence-electron chi connectivity index (χ2n) is 5.67. The molecule has 0 aromatic heterocycles. The minimum atomic E-state index is -0.219. The van der Waals surface area contributed by atoms with Gasteiger partial charge in [0.1, 0.15) is 5.82 Å². The Morgan fingerprint density at radius 2 is 2.11 bits per heavy atom. The van der Waals surface area contributed by atoms with Crippen molar-refractivity contribution in [3.8, 4) is 0 Å². The lowest BCUT2D eigenvalue weighted by Gasteiger charge is -2.24. The summed E-state index contributed by atoms with van der Waals surface area (Å²) in [6.45, 7) is 0.695. The number of benzene rings is 1. The highest BCUT2D eigenvalue weighted by atomic mass is 79.9. The first kappa shape index (κ1) is 13.4. The maximum Gasteiger partial charge on any atom is 0.147 e. The fourth-order valence-electron chi connectivity index (χ4n) is 3.28. The molecule has 1 heterocycles. The highest BCUT2D eigenvalue weighted by Crippen LogP contribution is 2.43. The third kappa shape index (κ3) is 2.95. The third-order valence-electron chi connectivity index (χ3n) is 4.30. The van der Waals surface area contributed by atoms with E-state index in [0.717, 1.165) is 10.9 Å². The lowest BCUT2D eigenvalue weighted by molar-refractivity contribution is -0.0307. The molecule has 1 aromatic carbocycles. The van der Waals surface area contributed by atoms with Gasteiger partial charge >= 0.3 is 0 Å². The van der Waals surface area contributed by atoms with Crippen LogP contribution in [0.1, 0.15) is 38.5 Å². The van der Waals surface area contributed by atoms with Crippen molar-refractivity contribution in [2.45, 2.75) is 50.2 Å². The Balaban J connectivity index is 1.55. The predicted octanol–water partition coefficient (Wildman–Crippen LogP) is 4.49. The molecular formula is C15H19BrFNO. The van der Waals surface area contributed by atoms with E-state index in [4.69, 9.17) is 4.74 Å². The van der Waals surface area contributed by atoms with Crippen molar-refractivity contribution in [3.63, 3.8) is 0 Å². The first-order valence-corrected chi connectivity index (χ1v) is 7.83. The average molecular weight is 328 g/mol. The molecule has 1 aromatic rings. The van der Waals surface area contributed by atoms with Gasteiger partial charge in [-0.05, 0) is 43.9 Å². The Hall–Kier alpha value is -0.610. The van der Waals surface area contributed by atoms with E-state index in [1.54, 1.807) is 6.07 Å². The van der Waals surface area contributed by atoms with E-state index >= 15 is 0 Å². The molecule has 1 atom stereocenters. The smallest absolute Gasteiger partial charge is 0.147 e. The molecule has 1 aliphatic carbocycles. The van der Waals surface area contributed by atoms with Gasteiger partial charge in [-0.15, -0.1) is 0 Å². The van der Waals surface area contributed by atoms with E-state index in [2.05, 4.69) is 21.2 Å². The summed E-state index contributed by atoms with van der Waals surface area (Å²) >= 11 is 3.26. The van der Waals surface area contributed by atoms with Crippen molar-refractivity contribution in [2.24, 2.45) is 0 Å². The van der Waals surface area contributed by atoms with Gasteiger partial charge in [-0.3, -0.25) is 0 Å². The van der Waals surface area contributed by atoms with Crippen LogP contribution in [0, 0.1) is 5.82 Å². The molecule has 1 spiro atoms. The molecule has 104 valence electrons. The standard InChI is InChI=1S/C15H19BrFNO/c16-11-3-4-14(13(17)9-11)18-10-12-5-8-15(19-12)6-1-2-7-15/h3-4,9,12,18H,1-2,5-8,10H2.